The number of carbonyl (C=O) groups is 2. The number of aromatic amines is 1. The molecule has 0 aromatic carbocycles. The van der Waals surface area contributed by atoms with Crippen molar-refractivity contribution < 1.29 is 14.3 Å². The van der Waals surface area contributed by atoms with E-state index in [-0.39, 0.29) is 22.7 Å². The molecular weight excluding hydrogens is 320 g/mol. The predicted molar refractivity (Wildman–Crippen MR) is 90.6 cm³/mol. The minimum Gasteiger partial charge on any atom is -0.455 e. The highest BCUT2D eigenvalue weighted by molar-refractivity contribution is 6.07. The summed E-state index contributed by atoms with van der Waals surface area (Å²) >= 11 is 0. The van der Waals surface area contributed by atoms with Crippen LogP contribution in [0.4, 0.5) is 5.69 Å². The van der Waals surface area contributed by atoms with Gasteiger partial charge in [-0.1, -0.05) is 0 Å². The van der Waals surface area contributed by atoms with Crippen molar-refractivity contribution in [3.63, 3.8) is 0 Å². The van der Waals surface area contributed by atoms with E-state index in [0.29, 0.717) is 6.54 Å². The first-order chi connectivity index (χ1) is 11.8. The normalized spacial score (nSPS) is 17.5. The molecule has 0 saturated heterocycles. The molecule has 7 heteroatoms. The van der Waals surface area contributed by atoms with Crippen LogP contribution in [0.5, 0.6) is 0 Å². The van der Waals surface area contributed by atoms with Crippen LogP contribution in [0, 0.1) is 0 Å². The lowest BCUT2D eigenvalue weighted by Gasteiger charge is -2.18. The van der Waals surface area contributed by atoms with Crippen LogP contribution in [0.1, 0.15) is 60.3 Å². The molecule has 1 N–H and O–H groups in total. The van der Waals surface area contributed by atoms with Crippen molar-refractivity contribution in [2.24, 2.45) is 0 Å². The Morgan fingerprint density at radius 1 is 1.32 bits per heavy atom. The van der Waals surface area contributed by atoms with Crippen molar-refractivity contribution in [2.75, 3.05) is 11.4 Å². The van der Waals surface area contributed by atoms with E-state index in [4.69, 9.17) is 4.74 Å². The molecular formula is C18H20N4O3. The maximum atomic E-state index is 12.9. The number of rotatable bonds is 2. The van der Waals surface area contributed by atoms with Crippen molar-refractivity contribution in [2.45, 2.75) is 44.6 Å². The molecule has 25 heavy (non-hydrogen) atoms. The number of amides is 1. The van der Waals surface area contributed by atoms with Crippen LogP contribution in [0.3, 0.4) is 0 Å². The van der Waals surface area contributed by atoms with Gasteiger partial charge in [-0.15, -0.1) is 0 Å². The molecule has 2 aromatic rings. The first kappa shape index (κ1) is 15.8. The van der Waals surface area contributed by atoms with Gasteiger partial charge in [0.1, 0.15) is 11.3 Å². The topological polar surface area (TPSA) is 88.2 Å². The summed E-state index contributed by atoms with van der Waals surface area (Å²) in [5, 5.41) is 6.62. The summed E-state index contributed by atoms with van der Waals surface area (Å²) in [6, 6.07) is 5.19. The minimum atomic E-state index is -0.607. The molecule has 1 aliphatic heterocycles. The summed E-state index contributed by atoms with van der Waals surface area (Å²) in [6.07, 6.45) is 3.86. The summed E-state index contributed by atoms with van der Waals surface area (Å²) in [5.74, 6) is -0.759. The number of aromatic nitrogens is 3. The van der Waals surface area contributed by atoms with E-state index in [1.54, 1.807) is 31.9 Å². The number of fused-ring (bicyclic) bond motifs is 2. The van der Waals surface area contributed by atoms with E-state index in [1.807, 2.05) is 12.1 Å². The first-order valence-electron chi connectivity index (χ1n) is 8.35. The first-order valence-corrected chi connectivity index (χ1v) is 8.35. The smallest absolute Gasteiger partial charge is 0.356 e. The van der Waals surface area contributed by atoms with Gasteiger partial charge in [-0.25, -0.2) is 4.79 Å². The molecule has 0 radical (unpaired) electrons. The third kappa shape index (κ3) is 2.69. The van der Waals surface area contributed by atoms with Gasteiger partial charge in [0.15, 0.2) is 5.69 Å². The fourth-order valence-electron chi connectivity index (χ4n) is 3.22. The Morgan fingerprint density at radius 3 is 2.76 bits per heavy atom. The average molecular weight is 340 g/mol. The summed E-state index contributed by atoms with van der Waals surface area (Å²) in [4.78, 5) is 31.2. The number of esters is 1. The fourth-order valence-corrected chi connectivity index (χ4v) is 3.22. The monoisotopic (exact) mass is 340 g/mol. The number of hydrogen-bond acceptors (Lipinski definition) is 5. The molecule has 0 unspecified atom stereocenters. The van der Waals surface area contributed by atoms with Crippen LogP contribution in [-0.2, 0) is 10.2 Å². The van der Waals surface area contributed by atoms with Crippen molar-refractivity contribution in [3.05, 3.63) is 41.5 Å². The Hall–Kier alpha value is -2.70. The van der Waals surface area contributed by atoms with Crippen LogP contribution < -0.4 is 4.90 Å². The van der Waals surface area contributed by atoms with Crippen LogP contribution in [0.2, 0.25) is 0 Å². The van der Waals surface area contributed by atoms with Crippen LogP contribution in [0.25, 0.3) is 0 Å². The summed E-state index contributed by atoms with van der Waals surface area (Å²) in [6.45, 7) is 5.98. The fraction of sp³-hybridized carbons (Fsp3) is 0.444. The van der Waals surface area contributed by atoms with Crippen LogP contribution in [0.15, 0.2) is 24.4 Å². The lowest BCUT2D eigenvalue weighted by molar-refractivity contribution is 0.00628. The number of pyridine rings is 1. The Bertz CT molecular complexity index is 861. The van der Waals surface area contributed by atoms with Crippen LogP contribution >= 0.6 is 0 Å². The van der Waals surface area contributed by atoms with E-state index in [0.717, 1.165) is 24.2 Å². The zero-order valence-corrected chi connectivity index (χ0v) is 14.5. The highest BCUT2D eigenvalue weighted by Gasteiger charge is 2.54. The minimum absolute atomic E-state index is 0.0105. The molecule has 0 bridgehead atoms. The maximum absolute atomic E-state index is 12.9. The zero-order valence-electron chi connectivity index (χ0n) is 14.5. The summed E-state index contributed by atoms with van der Waals surface area (Å²) < 4.78 is 5.30. The molecule has 2 aromatic heterocycles. The number of carbonyl (C=O) groups excluding carboxylic acids is 2. The van der Waals surface area contributed by atoms with E-state index in [2.05, 4.69) is 15.2 Å². The number of nitrogens with zero attached hydrogens (tertiary/aromatic N) is 3. The van der Waals surface area contributed by atoms with Gasteiger partial charge in [0.2, 0.25) is 0 Å². The predicted octanol–water partition coefficient (Wildman–Crippen LogP) is 2.45. The Morgan fingerprint density at radius 2 is 2.08 bits per heavy atom. The SMILES string of the molecule is CC(C)(C)OC(=O)c1cc(C(=O)N2CC3(CC3)c3ncccc32)n[nH]1. The second kappa shape index (κ2) is 5.15. The Labute approximate surface area is 145 Å². The molecule has 0 atom stereocenters. The van der Waals surface area contributed by atoms with E-state index < -0.39 is 11.6 Å². The maximum Gasteiger partial charge on any atom is 0.356 e. The molecule has 1 saturated carbocycles. The molecule has 3 heterocycles. The number of hydrogen-bond donors (Lipinski definition) is 1. The quantitative estimate of drug-likeness (QED) is 0.848. The largest absolute Gasteiger partial charge is 0.455 e. The van der Waals surface area contributed by atoms with Gasteiger partial charge in [0, 0.05) is 24.2 Å². The van der Waals surface area contributed by atoms with Crippen molar-refractivity contribution in [3.8, 4) is 0 Å². The van der Waals surface area contributed by atoms with Crippen molar-refractivity contribution in [1.29, 1.82) is 0 Å². The van der Waals surface area contributed by atoms with E-state index >= 15 is 0 Å². The van der Waals surface area contributed by atoms with Crippen molar-refractivity contribution in [1.82, 2.24) is 15.2 Å². The van der Waals surface area contributed by atoms with Gasteiger partial charge in [-0.05, 0) is 45.7 Å². The lowest BCUT2D eigenvalue weighted by Crippen LogP contribution is -2.31. The van der Waals surface area contributed by atoms with Gasteiger partial charge < -0.3 is 9.64 Å². The third-order valence-corrected chi connectivity index (χ3v) is 4.55. The standard InChI is InChI=1S/C18H20N4O3/c1-17(2,3)25-16(24)12-9-11(20-21-12)15(23)22-10-18(6-7-18)14-13(22)5-4-8-19-14/h4-5,8-9H,6-7,10H2,1-3H3,(H,20,21). The number of H-pyrrole nitrogens is 1. The highest BCUT2D eigenvalue weighted by Crippen LogP contribution is 2.55. The van der Waals surface area contributed by atoms with E-state index in [9.17, 15) is 9.59 Å². The highest BCUT2D eigenvalue weighted by atomic mass is 16.6. The molecule has 1 spiro atoms. The second-order valence-corrected chi connectivity index (χ2v) is 7.71. The number of ether oxygens (including phenoxy) is 1. The van der Waals surface area contributed by atoms with Gasteiger partial charge in [-0.2, -0.15) is 5.10 Å². The third-order valence-electron chi connectivity index (χ3n) is 4.55. The van der Waals surface area contributed by atoms with Gasteiger partial charge in [-0.3, -0.25) is 14.9 Å². The summed E-state index contributed by atoms with van der Waals surface area (Å²) in [5.41, 5.74) is 1.61. The van der Waals surface area contributed by atoms with Gasteiger partial charge >= 0.3 is 5.97 Å². The molecule has 4 rings (SSSR count). The molecule has 1 amide bonds. The van der Waals surface area contributed by atoms with Crippen molar-refractivity contribution >= 4 is 17.6 Å². The second-order valence-electron chi connectivity index (χ2n) is 7.71. The molecule has 1 aliphatic carbocycles. The Kier molecular flexibility index (Phi) is 3.25. The molecule has 1 fully saturated rings. The zero-order chi connectivity index (χ0) is 17.8. The lowest BCUT2D eigenvalue weighted by atomic mass is 10.1. The van der Waals surface area contributed by atoms with Crippen LogP contribution in [-0.4, -0.2) is 39.2 Å². The van der Waals surface area contributed by atoms with Gasteiger partial charge in [0.25, 0.3) is 5.91 Å². The average Bonchev–Trinajstić information content (AvgIpc) is 3.03. The number of anilines is 1. The van der Waals surface area contributed by atoms with E-state index in [1.165, 1.54) is 6.07 Å². The van der Waals surface area contributed by atoms with Gasteiger partial charge in [0.05, 0.1) is 11.4 Å². The molecule has 130 valence electrons. The summed E-state index contributed by atoms with van der Waals surface area (Å²) in [7, 11) is 0. The number of nitrogens with one attached hydrogen (secondary N) is 1. The Balaban J connectivity index is 1.58. The molecule has 7 nitrogen and oxygen atoms in total. The molecule has 2 aliphatic rings.